The molecule has 1 aromatic heterocycles. The highest BCUT2D eigenvalue weighted by Crippen LogP contribution is 2.55. The average Bonchev–Trinajstić information content (AvgIpc) is 3.06. The number of aromatic nitrogens is 2. The first kappa shape index (κ1) is 24.7. The summed E-state index contributed by atoms with van der Waals surface area (Å²) in [6.45, 7) is -0.345. The molecule has 13 nitrogen and oxygen atoms in total. The molecule has 5 N–H and O–H groups in total. The van der Waals surface area contributed by atoms with Crippen molar-refractivity contribution in [2.45, 2.75) is 31.5 Å². The van der Waals surface area contributed by atoms with E-state index in [0.29, 0.717) is 0 Å². The lowest BCUT2D eigenvalue weighted by Gasteiger charge is -2.18. The molecule has 0 amide bonds. The molecule has 32 heavy (non-hydrogen) atoms. The van der Waals surface area contributed by atoms with Gasteiger partial charge in [0.2, 0.25) is 0 Å². The van der Waals surface area contributed by atoms with E-state index in [2.05, 4.69) is 15.0 Å². The van der Waals surface area contributed by atoms with E-state index in [4.69, 9.17) is 19.4 Å². The molecule has 1 fully saturated rings. The van der Waals surface area contributed by atoms with E-state index >= 15 is 0 Å². The maximum absolute atomic E-state index is 12.3. The van der Waals surface area contributed by atoms with Gasteiger partial charge in [0.15, 0.2) is 11.7 Å². The van der Waals surface area contributed by atoms with Crippen molar-refractivity contribution in [2.24, 2.45) is 0 Å². The van der Waals surface area contributed by atoms with Gasteiger partial charge in [0.1, 0.15) is 12.3 Å². The van der Waals surface area contributed by atoms with Crippen LogP contribution >= 0.6 is 15.2 Å². The van der Waals surface area contributed by atoms with Gasteiger partial charge in [0, 0.05) is 12.6 Å². The minimum Gasteiger partial charge on any atom is -0.390 e. The largest absolute Gasteiger partial charge is 0.390 e. The molecule has 15 heteroatoms. The standard InChI is InChI=1S/C17H23N3O10P2/c21-13-8-16(30-14(13)10-29-32(26,27)11-31(23,24)25)20-7-6-15(18-17(20)22)19-28-9-12-4-2-1-3-5-12/h1-7,13-14,16,21H,8-11H2,(H,26,27)(H,18,19,22)(H2,23,24,25)/t13-,14+,16+/m0/s1. The van der Waals surface area contributed by atoms with Crippen molar-refractivity contribution in [1.29, 1.82) is 0 Å². The van der Waals surface area contributed by atoms with E-state index in [1.807, 2.05) is 30.3 Å². The zero-order valence-electron chi connectivity index (χ0n) is 16.6. The molecule has 1 saturated heterocycles. The predicted molar refractivity (Wildman–Crippen MR) is 111 cm³/mol. The first-order valence-electron chi connectivity index (χ1n) is 9.38. The second-order valence-corrected chi connectivity index (χ2v) is 11.0. The predicted octanol–water partition coefficient (Wildman–Crippen LogP) is 0.773. The summed E-state index contributed by atoms with van der Waals surface area (Å²) in [6.07, 6.45) is -1.79. The van der Waals surface area contributed by atoms with Crippen molar-refractivity contribution in [1.82, 2.24) is 9.55 Å². The summed E-state index contributed by atoms with van der Waals surface area (Å²) in [4.78, 5) is 48.6. The summed E-state index contributed by atoms with van der Waals surface area (Å²) < 4.78 is 33.9. The number of hydrogen-bond donors (Lipinski definition) is 5. The summed E-state index contributed by atoms with van der Waals surface area (Å²) >= 11 is 0. The molecule has 2 heterocycles. The Hall–Kier alpha value is -1.92. The number of aliphatic hydroxyl groups is 1. The molecule has 1 aliphatic heterocycles. The van der Waals surface area contributed by atoms with E-state index in [9.17, 15) is 23.9 Å². The van der Waals surface area contributed by atoms with Gasteiger partial charge in [-0.15, -0.1) is 0 Å². The number of anilines is 1. The number of aliphatic hydroxyl groups excluding tert-OH is 1. The van der Waals surface area contributed by atoms with E-state index in [0.717, 1.165) is 10.1 Å². The fourth-order valence-electron chi connectivity index (χ4n) is 2.96. The van der Waals surface area contributed by atoms with Gasteiger partial charge in [-0.25, -0.2) is 10.3 Å². The highest BCUT2D eigenvalue weighted by molar-refractivity contribution is 7.70. The highest BCUT2D eigenvalue weighted by Gasteiger charge is 2.38. The lowest BCUT2D eigenvalue weighted by atomic mass is 10.2. The zero-order chi connectivity index (χ0) is 23.4. The van der Waals surface area contributed by atoms with Crippen LogP contribution in [0.15, 0.2) is 47.4 Å². The molecule has 0 bridgehead atoms. The first-order chi connectivity index (χ1) is 15.0. The summed E-state index contributed by atoms with van der Waals surface area (Å²) in [5.74, 6) is -1.18. The SMILES string of the molecule is O=c1nc(NOCc2ccccc2)ccn1[C@H]1C[C@H](O)[C@@H](COP(=O)(O)CP(=O)(O)O)O1. The maximum atomic E-state index is 12.3. The number of nitrogens with one attached hydrogen (secondary N) is 1. The third-order valence-corrected chi connectivity index (χ3v) is 7.86. The van der Waals surface area contributed by atoms with Gasteiger partial charge in [0.05, 0.1) is 19.3 Å². The van der Waals surface area contributed by atoms with Crippen molar-refractivity contribution >= 4 is 21.0 Å². The maximum Gasteiger partial charge on any atom is 0.351 e. The molecular weight excluding hydrogens is 468 g/mol. The summed E-state index contributed by atoms with van der Waals surface area (Å²) in [7, 11) is -9.36. The lowest BCUT2D eigenvalue weighted by Crippen LogP contribution is -2.28. The molecule has 3 rings (SSSR count). The monoisotopic (exact) mass is 491 g/mol. The fourth-order valence-corrected chi connectivity index (χ4v) is 5.52. The molecule has 176 valence electrons. The van der Waals surface area contributed by atoms with Crippen molar-refractivity contribution in [3.63, 3.8) is 0 Å². The molecule has 1 unspecified atom stereocenters. The number of ether oxygens (including phenoxy) is 1. The van der Waals surface area contributed by atoms with Crippen molar-refractivity contribution in [3.05, 3.63) is 58.6 Å². The Morgan fingerprint density at radius 3 is 2.56 bits per heavy atom. The number of rotatable bonds is 10. The Kier molecular flexibility index (Phi) is 7.99. The first-order valence-corrected chi connectivity index (χ1v) is 12.9. The Bertz CT molecular complexity index is 1060. The Morgan fingerprint density at radius 2 is 1.91 bits per heavy atom. The Morgan fingerprint density at radius 1 is 1.19 bits per heavy atom. The summed E-state index contributed by atoms with van der Waals surface area (Å²) in [6, 6.07) is 10.8. The van der Waals surface area contributed by atoms with Crippen LogP contribution in [0.25, 0.3) is 0 Å². The van der Waals surface area contributed by atoms with Crippen LogP contribution in [-0.4, -0.2) is 54.1 Å². The van der Waals surface area contributed by atoms with Crippen LogP contribution < -0.4 is 11.2 Å². The van der Waals surface area contributed by atoms with Gasteiger partial charge in [-0.1, -0.05) is 30.3 Å². The van der Waals surface area contributed by atoms with Gasteiger partial charge in [-0.05, 0) is 11.6 Å². The molecule has 4 atom stereocenters. The Labute approximate surface area is 182 Å². The molecule has 1 aromatic carbocycles. The zero-order valence-corrected chi connectivity index (χ0v) is 18.4. The minimum atomic E-state index is -4.77. The van der Waals surface area contributed by atoms with E-state index in [1.54, 1.807) is 0 Å². The van der Waals surface area contributed by atoms with Crippen LogP contribution in [0, 0.1) is 0 Å². The van der Waals surface area contributed by atoms with Gasteiger partial charge in [-0.3, -0.25) is 18.5 Å². The number of nitrogens with zero attached hydrogens (tertiary/aromatic N) is 2. The van der Waals surface area contributed by atoms with Crippen molar-refractivity contribution in [3.8, 4) is 0 Å². The van der Waals surface area contributed by atoms with Gasteiger partial charge in [0.25, 0.3) is 0 Å². The smallest absolute Gasteiger partial charge is 0.351 e. The summed E-state index contributed by atoms with van der Waals surface area (Å²) in [5, 5.41) is 10.1. The fraction of sp³-hybridized carbons (Fsp3) is 0.412. The van der Waals surface area contributed by atoms with E-state index in [1.165, 1.54) is 12.3 Å². The summed E-state index contributed by atoms with van der Waals surface area (Å²) in [5.41, 5.74) is 2.80. The van der Waals surface area contributed by atoms with Crippen LogP contribution in [0.4, 0.5) is 5.82 Å². The third kappa shape index (κ3) is 7.31. The number of benzene rings is 1. The third-order valence-electron chi connectivity index (χ3n) is 4.41. The highest BCUT2D eigenvalue weighted by atomic mass is 31.2. The molecule has 1 aliphatic rings. The van der Waals surface area contributed by atoms with Crippen LogP contribution in [0.5, 0.6) is 0 Å². The lowest BCUT2D eigenvalue weighted by molar-refractivity contribution is -0.0422. The molecule has 0 saturated carbocycles. The minimum absolute atomic E-state index is 0.0267. The van der Waals surface area contributed by atoms with Gasteiger partial charge >= 0.3 is 20.9 Å². The number of hydrogen-bond acceptors (Lipinski definition) is 9. The van der Waals surface area contributed by atoms with Crippen LogP contribution in [0.2, 0.25) is 0 Å². The molecule has 0 aliphatic carbocycles. The van der Waals surface area contributed by atoms with E-state index in [-0.39, 0.29) is 18.8 Å². The molecule has 2 aromatic rings. The molecular formula is C17H23N3O10P2. The van der Waals surface area contributed by atoms with Gasteiger partial charge < -0.3 is 29.0 Å². The second kappa shape index (κ2) is 10.3. The van der Waals surface area contributed by atoms with Crippen LogP contribution in [0.3, 0.4) is 0 Å². The van der Waals surface area contributed by atoms with Crippen molar-refractivity contribution in [2.75, 3.05) is 18.0 Å². The van der Waals surface area contributed by atoms with E-state index < -0.39 is 51.8 Å². The molecule has 0 radical (unpaired) electrons. The van der Waals surface area contributed by atoms with Crippen LogP contribution in [-0.2, 0) is 29.8 Å². The normalized spacial score (nSPS) is 23.1. The van der Waals surface area contributed by atoms with Crippen LogP contribution in [0.1, 0.15) is 18.2 Å². The Balaban J connectivity index is 1.55. The molecule has 0 spiro atoms. The second-order valence-electron chi connectivity index (χ2n) is 7.05. The van der Waals surface area contributed by atoms with Crippen molar-refractivity contribution < 1.29 is 43.0 Å². The van der Waals surface area contributed by atoms with Gasteiger partial charge in [-0.2, -0.15) is 4.98 Å². The quantitative estimate of drug-likeness (QED) is 0.232. The topological polar surface area (TPSA) is 190 Å². The average molecular weight is 491 g/mol.